The number of hydrogen-bond acceptors (Lipinski definition) is 5. The topological polar surface area (TPSA) is 37.8 Å². The highest BCUT2D eigenvalue weighted by atomic mass is 32.1. The number of rotatable bonds is 3. The van der Waals surface area contributed by atoms with E-state index in [1.54, 1.807) is 22.7 Å². The van der Waals surface area contributed by atoms with Crippen LogP contribution in [0.3, 0.4) is 0 Å². The van der Waals surface area contributed by atoms with Gasteiger partial charge in [0, 0.05) is 16.5 Å². The van der Waals surface area contributed by atoms with Crippen molar-refractivity contribution in [3.63, 3.8) is 0 Å². The molecule has 0 radical (unpaired) electrons. The highest BCUT2D eigenvalue weighted by Crippen LogP contribution is 2.27. The maximum Gasteiger partial charge on any atom is 0.188 e. The highest BCUT2D eigenvalue weighted by Gasteiger charge is 2.03. The summed E-state index contributed by atoms with van der Waals surface area (Å²) >= 11 is 3.31. The van der Waals surface area contributed by atoms with Gasteiger partial charge in [0.05, 0.1) is 5.69 Å². The Morgan fingerprint density at radius 1 is 1.22 bits per heavy atom. The fraction of sp³-hybridized carbons (Fsp3) is 0.0769. The van der Waals surface area contributed by atoms with Crippen molar-refractivity contribution in [1.82, 2.24) is 9.97 Å². The minimum Gasteiger partial charge on any atom is -0.316 e. The molecule has 0 unspecified atom stereocenters. The fourth-order valence-corrected chi connectivity index (χ4v) is 3.03. The molecular weight excluding hydrogens is 262 g/mol. The van der Waals surface area contributed by atoms with E-state index in [1.807, 2.05) is 30.6 Å². The van der Waals surface area contributed by atoms with Gasteiger partial charge in [-0.3, -0.25) is 0 Å². The zero-order valence-electron chi connectivity index (χ0n) is 9.75. The second kappa shape index (κ2) is 4.88. The monoisotopic (exact) mass is 273 g/mol. The first kappa shape index (κ1) is 11.4. The van der Waals surface area contributed by atoms with Crippen LogP contribution in [0.4, 0.5) is 10.9 Å². The van der Waals surface area contributed by atoms with Crippen LogP contribution in [-0.4, -0.2) is 9.97 Å². The van der Waals surface area contributed by atoms with Gasteiger partial charge in [-0.05, 0) is 36.1 Å². The number of aryl methyl sites for hydroxylation is 1. The van der Waals surface area contributed by atoms with Gasteiger partial charge in [0.2, 0.25) is 0 Å². The summed E-state index contributed by atoms with van der Waals surface area (Å²) in [5.74, 6) is 0.829. The first-order chi connectivity index (χ1) is 8.81. The summed E-state index contributed by atoms with van der Waals surface area (Å²) < 4.78 is 0. The molecule has 0 spiro atoms. The molecule has 0 amide bonds. The highest BCUT2D eigenvalue weighted by molar-refractivity contribution is 7.14. The Balaban J connectivity index is 1.87. The van der Waals surface area contributed by atoms with Crippen molar-refractivity contribution in [1.29, 1.82) is 0 Å². The maximum atomic E-state index is 4.37. The van der Waals surface area contributed by atoms with Gasteiger partial charge in [0.1, 0.15) is 5.82 Å². The van der Waals surface area contributed by atoms with Gasteiger partial charge in [-0.25, -0.2) is 9.97 Å². The molecular formula is C13H11N3S2. The Bertz CT molecular complexity index is 644. The van der Waals surface area contributed by atoms with Crippen LogP contribution in [0.2, 0.25) is 0 Å². The summed E-state index contributed by atoms with van der Waals surface area (Å²) in [5, 5.41) is 8.20. The van der Waals surface area contributed by atoms with Gasteiger partial charge in [0.15, 0.2) is 5.13 Å². The predicted octanol–water partition coefficient (Wildman–Crippen LogP) is 4.32. The van der Waals surface area contributed by atoms with E-state index in [0.717, 1.165) is 16.6 Å². The molecule has 18 heavy (non-hydrogen) atoms. The molecule has 1 N–H and O–H groups in total. The Morgan fingerprint density at radius 2 is 2.17 bits per heavy atom. The largest absolute Gasteiger partial charge is 0.316 e. The minimum atomic E-state index is 0.829. The maximum absolute atomic E-state index is 4.37. The van der Waals surface area contributed by atoms with Crippen molar-refractivity contribution >= 4 is 33.6 Å². The molecule has 3 aromatic rings. The quantitative estimate of drug-likeness (QED) is 0.772. The molecule has 0 aliphatic rings. The van der Waals surface area contributed by atoms with Crippen molar-refractivity contribution < 1.29 is 0 Å². The lowest BCUT2D eigenvalue weighted by Gasteiger charge is -2.03. The van der Waals surface area contributed by atoms with Gasteiger partial charge in [-0.15, -0.1) is 22.7 Å². The van der Waals surface area contributed by atoms with Crippen LogP contribution >= 0.6 is 22.7 Å². The molecule has 3 aromatic heterocycles. The number of anilines is 2. The Morgan fingerprint density at radius 3 is 2.89 bits per heavy atom. The van der Waals surface area contributed by atoms with Crippen molar-refractivity contribution in [2.75, 3.05) is 5.32 Å². The van der Waals surface area contributed by atoms with E-state index in [4.69, 9.17) is 0 Å². The van der Waals surface area contributed by atoms with E-state index in [2.05, 4.69) is 32.8 Å². The van der Waals surface area contributed by atoms with Gasteiger partial charge in [-0.1, -0.05) is 6.07 Å². The third kappa shape index (κ3) is 2.42. The lowest BCUT2D eigenvalue weighted by atomic mass is 10.2. The van der Waals surface area contributed by atoms with Crippen molar-refractivity contribution in [3.8, 4) is 10.4 Å². The summed E-state index contributed by atoms with van der Waals surface area (Å²) in [6, 6.07) is 8.22. The third-order valence-corrected chi connectivity index (χ3v) is 4.21. The Kier molecular flexibility index (Phi) is 3.08. The molecule has 90 valence electrons. The van der Waals surface area contributed by atoms with Crippen LogP contribution in [-0.2, 0) is 0 Å². The van der Waals surface area contributed by atoms with Gasteiger partial charge in [-0.2, -0.15) is 0 Å². The third-order valence-electron chi connectivity index (χ3n) is 2.42. The van der Waals surface area contributed by atoms with Crippen LogP contribution in [0.1, 0.15) is 5.69 Å². The molecule has 0 fully saturated rings. The number of aromatic nitrogens is 2. The van der Waals surface area contributed by atoms with Crippen LogP contribution in [0.25, 0.3) is 10.4 Å². The average Bonchev–Trinajstić information content (AvgIpc) is 3.01. The lowest BCUT2D eigenvalue weighted by Crippen LogP contribution is -1.92. The molecule has 3 nitrogen and oxygen atoms in total. The van der Waals surface area contributed by atoms with Crippen molar-refractivity contribution in [3.05, 3.63) is 46.9 Å². The molecule has 0 saturated carbocycles. The molecule has 0 aromatic carbocycles. The summed E-state index contributed by atoms with van der Waals surface area (Å²) in [4.78, 5) is 9.93. The summed E-state index contributed by atoms with van der Waals surface area (Å²) in [6.07, 6.45) is 1.82. The number of pyridine rings is 1. The fourth-order valence-electron chi connectivity index (χ4n) is 1.62. The lowest BCUT2D eigenvalue weighted by molar-refractivity contribution is 1.24. The number of thiophene rings is 1. The first-order valence-electron chi connectivity index (χ1n) is 5.50. The summed E-state index contributed by atoms with van der Waals surface area (Å²) in [6.45, 7) is 1.98. The second-order valence-electron chi connectivity index (χ2n) is 3.83. The standard InChI is InChI=1S/C13H11N3S2/c1-9-8-18-13(15-9)16-12-7-10(4-5-14-12)11-3-2-6-17-11/h2-8H,1H3,(H,14,15,16). The molecule has 0 atom stereocenters. The SMILES string of the molecule is Cc1csc(Nc2cc(-c3cccs3)ccn2)n1. The number of thiazole rings is 1. The van der Waals surface area contributed by atoms with Crippen LogP contribution in [0.5, 0.6) is 0 Å². The van der Waals surface area contributed by atoms with Crippen LogP contribution in [0, 0.1) is 6.92 Å². The Hall–Kier alpha value is -1.72. The van der Waals surface area contributed by atoms with E-state index >= 15 is 0 Å². The average molecular weight is 273 g/mol. The molecule has 3 rings (SSSR count). The predicted molar refractivity (Wildman–Crippen MR) is 77.7 cm³/mol. The smallest absolute Gasteiger partial charge is 0.188 e. The van der Waals surface area contributed by atoms with E-state index in [-0.39, 0.29) is 0 Å². The van der Waals surface area contributed by atoms with Gasteiger partial charge < -0.3 is 5.32 Å². The van der Waals surface area contributed by atoms with Crippen molar-refractivity contribution in [2.45, 2.75) is 6.92 Å². The second-order valence-corrected chi connectivity index (χ2v) is 5.63. The van der Waals surface area contributed by atoms with E-state index in [1.165, 1.54) is 10.4 Å². The number of nitrogens with one attached hydrogen (secondary N) is 1. The molecule has 0 bridgehead atoms. The van der Waals surface area contributed by atoms with Crippen LogP contribution < -0.4 is 5.32 Å². The summed E-state index contributed by atoms with van der Waals surface area (Å²) in [5.41, 5.74) is 2.20. The zero-order valence-corrected chi connectivity index (χ0v) is 11.4. The Labute approximate surface area is 113 Å². The number of hydrogen-bond donors (Lipinski definition) is 1. The molecule has 0 saturated heterocycles. The van der Waals surface area contributed by atoms with E-state index < -0.39 is 0 Å². The van der Waals surface area contributed by atoms with E-state index in [9.17, 15) is 0 Å². The van der Waals surface area contributed by atoms with Crippen LogP contribution in [0.15, 0.2) is 41.2 Å². The van der Waals surface area contributed by atoms with Gasteiger partial charge in [0.25, 0.3) is 0 Å². The van der Waals surface area contributed by atoms with E-state index in [0.29, 0.717) is 0 Å². The molecule has 5 heteroatoms. The minimum absolute atomic E-state index is 0.829. The zero-order chi connectivity index (χ0) is 12.4. The molecule has 0 aliphatic carbocycles. The van der Waals surface area contributed by atoms with Gasteiger partial charge >= 0.3 is 0 Å². The first-order valence-corrected chi connectivity index (χ1v) is 7.26. The normalized spacial score (nSPS) is 10.5. The van der Waals surface area contributed by atoms with Crippen molar-refractivity contribution in [2.24, 2.45) is 0 Å². The molecule has 3 heterocycles. The number of nitrogens with zero attached hydrogens (tertiary/aromatic N) is 2. The summed E-state index contributed by atoms with van der Waals surface area (Å²) in [7, 11) is 0. The molecule has 0 aliphatic heterocycles.